The molecule has 19 heavy (non-hydrogen) atoms. The average Bonchev–Trinajstić information content (AvgIpc) is 2.81. The van der Waals surface area contributed by atoms with Crippen LogP contribution in [0.2, 0.25) is 0 Å². The van der Waals surface area contributed by atoms with Crippen LogP contribution in [0.25, 0.3) is 0 Å². The first-order chi connectivity index (χ1) is 9.28. The van der Waals surface area contributed by atoms with E-state index in [0.29, 0.717) is 13.0 Å². The normalized spacial score (nSPS) is 17.8. The number of benzene rings is 1. The Hall–Kier alpha value is -2.08. The highest BCUT2D eigenvalue weighted by atomic mass is 15.4. The van der Waals surface area contributed by atoms with Crippen LogP contribution in [0.3, 0.4) is 0 Å². The molecule has 6 nitrogen and oxygen atoms in total. The molecule has 6 heteroatoms. The number of rotatable bonds is 3. The first kappa shape index (κ1) is 12.0. The minimum atomic E-state index is 0.193. The van der Waals surface area contributed by atoms with Gasteiger partial charge in [-0.05, 0) is 30.7 Å². The molecule has 0 aliphatic carbocycles. The molecule has 0 saturated carbocycles. The van der Waals surface area contributed by atoms with E-state index in [1.807, 2.05) is 22.9 Å². The summed E-state index contributed by atoms with van der Waals surface area (Å²) in [5.41, 5.74) is 13.4. The second-order valence-corrected chi connectivity index (χ2v) is 4.74. The smallest absolute Gasteiger partial charge is 0.221 e. The first-order valence-corrected chi connectivity index (χ1v) is 6.52. The molecule has 0 spiro atoms. The third-order valence-corrected chi connectivity index (χ3v) is 3.33. The summed E-state index contributed by atoms with van der Waals surface area (Å²) < 4.78 is 1.95. The van der Waals surface area contributed by atoms with E-state index in [1.54, 1.807) is 0 Å². The molecular formula is C13H18N6. The molecule has 0 fully saturated rings. The van der Waals surface area contributed by atoms with Crippen molar-refractivity contribution in [2.75, 3.05) is 24.1 Å². The third-order valence-electron chi connectivity index (χ3n) is 3.33. The molecule has 0 amide bonds. The van der Waals surface area contributed by atoms with Crippen molar-refractivity contribution in [3.63, 3.8) is 0 Å². The van der Waals surface area contributed by atoms with E-state index in [4.69, 9.17) is 11.5 Å². The fourth-order valence-corrected chi connectivity index (χ4v) is 2.46. The average molecular weight is 258 g/mol. The molecule has 2 heterocycles. The summed E-state index contributed by atoms with van der Waals surface area (Å²) in [5.74, 6) is 1.61. The second-order valence-electron chi connectivity index (χ2n) is 4.74. The summed E-state index contributed by atoms with van der Waals surface area (Å²) in [6.07, 6.45) is 1.67. The quantitative estimate of drug-likeness (QED) is 0.707. The largest absolute Gasteiger partial charge is 0.399 e. The number of anilines is 2. The van der Waals surface area contributed by atoms with Crippen molar-refractivity contribution >= 4 is 11.6 Å². The van der Waals surface area contributed by atoms with E-state index >= 15 is 0 Å². The summed E-state index contributed by atoms with van der Waals surface area (Å²) in [5, 5.41) is 7.82. The van der Waals surface area contributed by atoms with Crippen LogP contribution in [-0.2, 0) is 6.42 Å². The molecule has 1 atom stereocenters. The molecule has 1 aromatic carbocycles. The van der Waals surface area contributed by atoms with Gasteiger partial charge >= 0.3 is 0 Å². The summed E-state index contributed by atoms with van der Waals surface area (Å²) in [7, 11) is 0. The Labute approximate surface area is 111 Å². The van der Waals surface area contributed by atoms with Crippen LogP contribution in [-0.4, -0.2) is 27.9 Å². The second kappa shape index (κ2) is 4.89. The Morgan fingerprint density at radius 1 is 1.42 bits per heavy atom. The van der Waals surface area contributed by atoms with Gasteiger partial charge in [0.15, 0.2) is 5.82 Å². The maximum absolute atomic E-state index is 5.86. The van der Waals surface area contributed by atoms with Gasteiger partial charge in [0.05, 0.1) is 6.04 Å². The van der Waals surface area contributed by atoms with Crippen molar-refractivity contribution in [1.29, 1.82) is 0 Å². The van der Waals surface area contributed by atoms with Crippen LogP contribution in [0.4, 0.5) is 11.6 Å². The Morgan fingerprint density at radius 3 is 3.11 bits per heavy atom. The Morgan fingerprint density at radius 2 is 2.32 bits per heavy atom. The standard InChI is InChI=1S/C13H18N6/c14-6-4-12-17-13-16-7-5-11(19(13)18-12)9-2-1-3-10(15)8-9/h1-3,8,11H,4-7,14-15H2,(H,16,17,18). The molecule has 0 radical (unpaired) electrons. The Bertz CT molecular complexity index is 576. The van der Waals surface area contributed by atoms with Gasteiger partial charge in [-0.2, -0.15) is 10.1 Å². The minimum Gasteiger partial charge on any atom is -0.399 e. The minimum absolute atomic E-state index is 0.193. The molecule has 5 N–H and O–H groups in total. The van der Waals surface area contributed by atoms with Gasteiger partial charge in [-0.1, -0.05) is 12.1 Å². The number of hydrogen-bond donors (Lipinski definition) is 3. The zero-order chi connectivity index (χ0) is 13.2. The molecule has 1 aliphatic rings. The van der Waals surface area contributed by atoms with E-state index in [-0.39, 0.29) is 6.04 Å². The molecule has 1 aliphatic heterocycles. The van der Waals surface area contributed by atoms with Gasteiger partial charge in [-0.3, -0.25) is 0 Å². The van der Waals surface area contributed by atoms with Crippen LogP contribution in [0, 0.1) is 0 Å². The molecule has 3 rings (SSSR count). The SMILES string of the molecule is NCCc1nc2n(n1)C(c1cccc(N)c1)CCN2. The van der Waals surface area contributed by atoms with Crippen LogP contribution in [0.15, 0.2) is 24.3 Å². The molecule has 2 aromatic rings. The van der Waals surface area contributed by atoms with Crippen molar-refractivity contribution in [1.82, 2.24) is 14.8 Å². The molecular weight excluding hydrogens is 240 g/mol. The topological polar surface area (TPSA) is 94.8 Å². The Balaban J connectivity index is 1.97. The van der Waals surface area contributed by atoms with E-state index in [2.05, 4.69) is 21.5 Å². The van der Waals surface area contributed by atoms with Gasteiger partial charge in [0.25, 0.3) is 0 Å². The van der Waals surface area contributed by atoms with Gasteiger partial charge in [0, 0.05) is 18.7 Å². The summed E-state index contributed by atoms with van der Waals surface area (Å²) in [6, 6.07) is 8.15. The van der Waals surface area contributed by atoms with Crippen molar-refractivity contribution in [2.24, 2.45) is 5.73 Å². The highest BCUT2D eigenvalue weighted by Gasteiger charge is 2.24. The van der Waals surface area contributed by atoms with Crippen molar-refractivity contribution in [3.8, 4) is 0 Å². The summed E-state index contributed by atoms with van der Waals surface area (Å²) >= 11 is 0. The maximum atomic E-state index is 5.86. The van der Waals surface area contributed by atoms with Gasteiger partial charge in [0.2, 0.25) is 5.95 Å². The maximum Gasteiger partial charge on any atom is 0.221 e. The molecule has 100 valence electrons. The molecule has 0 bridgehead atoms. The summed E-state index contributed by atoms with van der Waals surface area (Å²) in [6.45, 7) is 1.45. The van der Waals surface area contributed by atoms with Crippen LogP contribution >= 0.6 is 0 Å². The highest BCUT2D eigenvalue weighted by Crippen LogP contribution is 2.29. The number of nitrogens with one attached hydrogen (secondary N) is 1. The third kappa shape index (κ3) is 2.26. The van der Waals surface area contributed by atoms with E-state index in [1.165, 1.54) is 5.56 Å². The van der Waals surface area contributed by atoms with Crippen molar-refractivity contribution in [2.45, 2.75) is 18.9 Å². The fourth-order valence-electron chi connectivity index (χ4n) is 2.46. The lowest BCUT2D eigenvalue weighted by atomic mass is 10.0. The monoisotopic (exact) mass is 258 g/mol. The van der Waals surface area contributed by atoms with Crippen molar-refractivity contribution in [3.05, 3.63) is 35.7 Å². The van der Waals surface area contributed by atoms with E-state index < -0.39 is 0 Å². The predicted octanol–water partition coefficient (Wildman–Crippen LogP) is 0.766. The highest BCUT2D eigenvalue weighted by molar-refractivity contribution is 5.43. The van der Waals surface area contributed by atoms with Crippen molar-refractivity contribution < 1.29 is 0 Å². The predicted molar refractivity (Wildman–Crippen MR) is 74.9 cm³/mol. The number of fused-ring (bicyclic) bond motifs is 1. The number of hydrogen-bond acceptors (Lipinski definition) is 5. The number of aromatic nitrogens is 3. The van der Waals surface area contributed by atoms with Crippen LogP contribution in [0.1, 0.15) is 23.9 Å². The molecule has 0 saturated heterocycles. The van der Waals surface area contributed by atoms with Gasteiger partial charge in [0.1, 0.15) is 0 Å². The zero-order valence-electron chi connectivity index (χ0n) is 10.7. The Kier molecular flexibility index (Phi) is 3.08. The lowest BCUT2D eigenvalue weighted by Gasteiger charge is -2.24. The van der Waals surface area contributed by atoms with Crippen LogP contribution in [0.5, 0.6) is 0 Å². The number of nitrogens with zero attached hydrogens (tertiary/aromatic N) is 3. The first-order valence-electron chi connectivity index (χ1n) is 6.52. The lowest BCUT2D eigenvalue weighted by Crippen LogP contribution is -2.24. The lowest BCUT2D eigenvalue weighted by molar-refractivity contribution is 0.477. The van der Waals surface area contributed by atoms with Gasteiger partial charge < -0.3 is 16.8 Å². The van der Waals surface area contributed by atoms with E-state index in [0.717, 1.165) is 30.4 Å². The molecule has 1 unspecified atom stereocenters. The van der Waals surface area contributed by atoms with E-state index in [9.17, 15) is 0 Å². The van der Waals surface area contributed by atoms with Gasteiger partial charge in [-0.25, -0.2) is 4.68 Å². The van der Waals surface area contributed by atoms with Crippen LogP contribution < -0.4 is 16.8 Å². The number of nitrogen functional groups attached to an aromatic ring is 1. The summed E-state index contributed by atoms with van der Waals surface area (Å²) in [4.78, 5) is 4.47. The zero-order valence-corrected chi connectivity index (χ0v) is 10.7. The number of nitrogens with two attached hydrogens (primary N) is 2. The fraction of sp³-hybridized carbons (Fsp3) is 0.385. The molecule has 1 aromatic heterocycles. The van der Waals surface area contributed by atoms with Gasteiger partial charge in [-0.15, -0.1) is 0 Å².